The van der Waals surface area contributed by atoms with Crippen molar-refractivity contribution >= 4 is 27.4 Å². The number of methoxy groups -OCH3 is 1. The number of imidazole rings is 1. The van der Waals surface area contributed by atoms with Crippen LogP contribution in [0.4, 0.5) is 5.82 Å². The second-order valence-electron chi connectivity index (χ2n) is 9.41. The van der Waals surface area contributed by atoms with Crippen LogP contribution < -0.4 is 5.32 Å². The first-order valence-corrected chi connectivity index (χ1v) is 13.0. The molecule has 0 unspecified atom stereocenters. The summed E-state index contributed by atoms with van der Waals surface area (Å²) in [6, 6.07) is 2.68. The van der Waals surface area contributed by atoms with Gasteiger partial charge in [-0.15, -0.1) is 11.3 Å². The average Bonchev–Trinajstić information content (AvgIpc) is 3.61. The highest BCUT2D eigenvalue weighted by atomic mass is 32.1. The van der Waals surface area contributed by atoms with Gasteiger partial charge >= 0.3 is 0 Å². The Morgan fingerprint density at radius 3 is 2.77 bits per heavy atom. The van der Waals surface area contributed by atoms with E-state index < -0.39 is 0 Å². The van der Waals surface area contributed by atoms with Crippen molar-refractivity contribution in [3.05, 3.63) is 30.2 Å². The Hall–Kier alpha value is -2.82. The van der Waals surface area contributed by atoms with Crippen molar-refractivity contribution in [3.8, 4) is 22.2 Å². The normalized spacial score (nSPS) is 18.2. The van der Waals surface area contributed by atoms with Crippen LogP contribution in [-0.4, -0.2) is 61.8 Å². The molecule has 5 rings (SSSR count). The Morgan fingerprint density at radius 2 is 2.06 bits per heavy atom. The summed E-state index contributed by atoms with van der Waals surface area (Å²) in [6.07, 6.45) is 8.99. The van der Waals surface area contributed by atoms with Crippen molar-refractivity contribution in [1.82, 2.24) is 29.3 Å². The molecule has 4 aromatic heterocycles. The summed E-state index contributed by atoms with van der Waals surface area (Å²) in [6.45, 7) is 7.66. The van der Waals surface area contributed by atoms with Crippen LogP contribution in [0.3, 0.4) is 0 Å². The first-order chi connectivity index (χ1) is 16.9. The first-order valence-electron chi connectivity index (χ1n) is 12.2. The second-order valence-corrected chi connectivity index (χ2v) is 10.4. The molecular weight excluding hydrogens is 462 g/mol. The molecule has 0 amide bonds. The van der Waals surface area contributed by atoms with Gasteiger partial charge < -0.3 is 19.4 Å². The molecule has 0 aromatic carbocycles. The van der Waals surface area contributed by atoms with Gasteiger partial charge in [0.05, 0.1) is 29.6 Å². The second kappa shape index (κ2) is 10.0. The first kappa shape index (κ1) is 23.9. The standard InChI is InChI=1S/C25H33N7O2S/c1-15(2)32-10-8-19(30-32)21-16(3)20-22(27-17-6-7-18(14-17)34-13-12-33-5)28-23(29-25(20)35-21)24-26-9-11-31(24)4/h8-11,15,17-18H,6-7,12-14H2,1-5H3,(H,27,28,29)/t17-,18+/m1/s1. The van der Waals surface area contributed by atoms with E-state index in [1.54, 1.807) is 24.6 Å². The van der Waals surface area contributed by atoms with E-state index in [-0.39, 0.29) is 12.1 Å². The molecule has 1 saturated carbocycles. The quantitative estimate of drug-likeness (QED) is 0.332. The van der Waals surface area contributed by atoms with E-state index in [0.717, 1.165) is 57.3 Å². The molecule has 0 spiro atoms. The van der Waals surface area contributed by atoms with Gasteiger partial charge in [-0.05, 0) is 51.7 Å². The van der Waals surface area contributed by atoms with Gasteiger partial charge in [0.15, 0.2) is 11.6 Å². The molecule has 0 saturated heterocycles. The van der Waals surface area contributed by atoms with Crippen LogP contribution >= 0.6 is 11.3 Å². The van der Waals surface area contributed by atoms with Crippen molar-refractivity contribution in [2.24, 2.45) is 7.05 Å². The minimum absolute atomic E-state index is 0.244. The van der Waals surface area contributed by atoms with Crippen LogP contribution in [0.15, 0.2) is 24.7 Å². The van der Waals surface area contributed by atoms with E-state index in [9.17, 15) is 0 Å². The smallest absolute Gasteiger partial charge is 0.199 e. The number of aryl methyl sites for hydroxylation is 2. The summed E-state index contributed by atoms with van der Waals surface area (Å²) >= 11 is 1.66. The highest BCUT2D eigenvalue weighted by Gasteiger charge is 2.28. The van der Waals surface area contributed by atoms with Gasteiger partial charge in [-0.2, -0.15) is 5.10 Å². The fraction of sp³-hybridized carbons (Fsp3) is 0.520. The SMILES string of the molecule is COCCO[C@H]1CC[C@@H](Nc2nc(-c3nccn3C)nc3sc(-c4ccn(C(C)C)n4)c(C)c23)C1. The van der Waals surface area contributed by atoms with Crippen LogP contribution in [0.2, 0.25) is 0 Å². The van der Waals surface area contributed by atoms with Crippen LogP contribution in [0.25, 0.3) is 32.4 Å². The molecule has 4 aromatic rings. The molecule has 0 bridgehead atoms. The number of nitrogens with one attached hydrogen (secondary N) is 1. The Labute approximate surface area is 209 Å². The lowest BCUT2D eigenvalue weighted by molar-refractivity contribution is 0.0207. The molecule has 1 aliphatic rings. The highest BCUT2D eigenvalue weighted by Crippen LogP contribution is 2.41. The van der Waals surface area contributed by atoms with Gasteiger partial charge in [0.1, 0.15) is 16.3 Å². The lowest BCUT2D eigenvalue weighted by atomic mass is 10.1. The van der Waals surface area contributed by atoms with E-state index >= 15 is 0 Å². The summed E-state index contributed by atoms with van der Waals surface area (Å²) < 4.78 is 15.1. The van der Waals surface area contributed by atoms with Crippen LogP contribution in [-0.2, 0) is 16.5 Å². The highest BCUT2D eigenvalue weighted by molar-refractivity contribution is 7.22. The third-order valence-electron chi connectivity index (χ3n) is 6.55. The summed E-state index contributed by atoms with van der Waals surface area (Å²) in [5.74, 6) is 2.23. The third kappa shape index (κ3) is 4.82. The van der Waals surface area contributed by atoms with Gasteiger partial charge in [-0.25, -0.2) is 15.0 Å². The number of hydrogen-bond donors (Lipinski definition) is 1. The van der Waals surface area contributed by atoms with Crippen LogP contribution in [0.5, 0.6) is 0 Å². The predicted octanol–water partition coefficient (Wildman–Crippen LogP) is 4.84. The van der Waals surface area contributed by atoms with Crippen molar-refractivity contribution < 1.29 is 9.47 Å². The maximum absolute atomic E-state index is 5.98. The number of thiophene rings is 1. The van der Waals surface area contributed by atoms with Crippen molar-refractivity contribution in [3.63, 3.8) is 0 Å². The van der Waals surface area contributed by atoms with Gasteiger partial charge in [0, 0.05) is 44.8 Å². The largest absolute Gasteiger partial charge is 0.382 e. The zero-order valence-electron chi connectivity index (χ0n) is 21.0. The lowest BCUT2D eigenvalue weighted by Crippen LogP contribution is -2.20. The summed E-state index contributed by atoms with van der Waals surface area (Å²) in [4.78, 5) is 16.5. The molecule has 1 aliphatic carbocycles. The Balaban J connectivity index is 1.52. The van der Waals surface area contributed by atoms with Gasteiger partial charge in [0.25, 0.3) is 0 Å². The van der Waals surface area contributed by atoms with E-state index in [2.05, 4.69) is 37.1 Å². The number of hydrogen-bond acceptors (Lipinski definition) is 8. The number of ether oxygens (including phenoxy) is 2. The molecule has 4 heterocycles. The van der Waals surface area contributed by atoms with Gasteiger partial charge in [-0.1, -0.05) is 0 Å². The molecule has 1 fully saturated rings. The van der Waals surface area contributed by atoms with E-state index in [0.29, 0.717) is 25.1 Å². The van der Waals surface area contributed by atoms with E-state index in [1.807, 2.05) is 28.7 Å². The molecule has 0 radical (unpaired) electrons. The maximum Gasteiger partial charge on any atom is 0.199 e. The van der Waals surface area contributed by atoms with Gasteiger partial charge in [0.2, 0.25) is 0 Å². The zero-order valence-corrected chi connectivity index (χ0v) is 21.8. The van der Waals surface area contributed by atoms with Gasteiger partial charge in [-0.3, -0.25) is 4.68 Å². The molecule has 10 heteroatoms. The fourth-order valence-corrected chi connectivity index (χ4v) is 5.78. The Bertz CT molecular complexity index is 1310. The Morgan fingerprint density at radius 1 is 1.20 bits per heavy atom. The van der Waals surface area contributed by atoms with Crippen LogP contribution in [0, 0.1) is 6.92 Å². The minimum Gasteiger partial charge on any atom is -0.382 e. The molecule has 2 atom stereocenters. The lowest BCUT2D eigenvalue weighted by Gasteiger charge is -2.16. The van der Waals surface area contributed by atoms with Crippen molar-refractivity contribution in [2.75, 3.05) is 25.6 Å². The summed E-state index contributed by atoms with van der Waals surface area (Å²) in [5, 5.41) is 9.61. The third-order valence-corrected chi connectivity index (χ3v) is 7.76. The monoisotopic (exact) mass is 495 g/mol. The number of aromatic nitrogens is 6. The van der Waals surface area contributed by atoms with Crippen LogP contribution in [0.1, 0.15) is 44.7 Å². The molecule has 1 N–H and O–H groups in total. The number of fused-ring (bicyclic) bond motifs is 1. The average molecular weight is 496 g/mol. The van der Waals surface area contributed by atoms with E-state index in [4.69, 9.17) is 24.5 Å². The summed E-state index contributed by atoms with van der Waals surface area (Å²) in [7, 11) is 3.66. The predicted molar refractivity (Wildman–Crippen MR) is 139 cm³/mol. The van der Waals surface area contributed by atoms with Crippen molar-refractivity contribution in [1.29, 1.82) is 0 Å². The molecular formula is C25H33N7O2S. The topological polar surface area (TPSA) is 91.9 Å². The minimum atomic E-state index is 0.244. The summed E-state index contributed by atoms with van der Waals surface area (Å²) in [5.41, 5.74) is 2.12. The molecule has 186 valence electrons. The number of nitrogens with zero attached hydrogens (tertiary/aromatic N) is 6. The fourth-order valence-electron chi connectivity index (χ4n) is 4.63. The maximum atomic E-state index is 5.98. The number of anilines is 1. The Kier molecular flexibility index (Phi) is 6.86. The molecule has 0 aliphatic heterocycles. The molecule has 9 nitrogen and oxygen atoms in total. The van der Waals surface area contributed by atoms with Crippen molar-refractivity contribution in [2.45, 2.75) is 58.2 Å². The van der Waals surface area contributed by atoms with E-state index in [1.165, 1.54) is 0 Å². The molecule has 35 heavy (non-hydrogen) atoms. The zero-order chi connectivity index (χ0) is 24.5. The number of rotatable bonds is 9.